The number of piperidine rings is 1. The van der Waals surface area contributed by atoms with Crippen LogP contribution in [0.5, 0.6) is 0 Å². The van der Waals surface area contributed by atoms with Gasteiger partial charge in [-0.2, -0.15) is 0 Å². The molecule has 2 aliphatic heterocycles. The Kier molecular flexibility index (Phi) is 7.96. The number of hydrogen-bond acceptors (Lipinski definition) is 3. The Hall–Kier alpha value is -1.59. The number of ether oxygens (including phenoxy) is 2. The highest BCUT2D eigenvalue weighted by molar-refractivity contribution is 5.80. The summed E-state index contributed by atoms with van der Waals surface area (Å²) < 4.78 is 11.8. The minimum Gasteiger partial charge on any atom is -0.376 e. The van der Waals surface area contributed by atoms with Gasteiger partial charge in [0.2, 0.25) is 0 Å². The summed E-state index contributed by atoms with van der Waals surface area (Å²) in [7, 11) is 0. The van der Waals surface area contributed by atoms with Crippen molar-refractivity contribution in [1.82, 2.24) is 10.2 Å². The van der Waals surface area contributed by atoms with Crippen LogP contribution >= 0.6 is 0 Å². The van der Waals surface area contributed by atoms with Gasteiger partial charge in [0.25, 0.3) is 0 Å². The van der Waals surface area contributed by atoms with Crippen molar-refractivity contribution in [3.05, 3.63) is 35.4 Å². The van der Waals surface area contributed by atoms with Crippen molar-refractivity contribution >= 4 is 5.96 Å². The summed E-state index contributed by atoms with van der Waals surface area (Å²) in [6, 6.07) is 8.61. The second kappa shape index (κ2) is 10.7. The highest BCUT2D eigenvalue weighted by Gasteiger charge is 2.24. The molecule has 2 saturated heterocycles. The van der Waals surface area contributed by atoms with Crippen LogP contribution < -0.4 is 5.32 Å². The van der Waals surface area contributed by atoms with Gasteiger partial charge in [0.1, 0.15) is 0 Å². The highest BCUT2D eigenvalue weighted by atomic mass is 16.5. The number of nitrogens with zero attached hydrogens (tertiary/aromatic N) is 2. The molecule has 2 fully saturated rings. The summed E-state index contributed by atoms with van der Waals surface area (Å²) in [6.45, 7) is 9.62. The molecule has 1 aromatic rings. The molecule has 0 saturated carbocycles. The lowest BCUT2D eigenvalue weighted by atomic mass is 10.1. The molecule has 3 rings (SSSR count). The first-order chi connectivity index (χ1) is 13.3. The monoisotopic (exact) mass is 373 g/mol. The average Bonchev–Trinajstić information content (AvgIpc) is 3.24. The van der Waals surface area contributed by atoms with Crippen LogP contribution in [0.25, 0.3) is 0 Å². The maximum absolute atomic E-state index is 6.10. The smallest absolute Gasteiger partial charge is 0.194 e. The van der Waals surface area contributed by atoms with Gasteiger partial charge < -0.3 is 19.7 Å². The van der Waals surface area contributed by atoms with Gasteiger partial charge in [-0.15, -0.1) is 0 Å². The Labute approximate surface area is 164 Å². The third-order valence-electron chi connectivity index (χ3n) is 5.52. The molecule has 2 heterocycles. The van der Waals surface area contributed by atoms with E-state index >= 15 is 0 Å². The Balaban J connectivity index is 1.51. The van der Waals surface area contributed by atoms with Crippen LogP contribution in [-0.4, -0.2) is 55.9 Å². The van der Waals surface area contributed by atoms with Crippen LogP contribution in [0.4, 0.5) is 0 Å². The number of guanidine groups is 1. The third kappa shape index (κ3) is 5.94. The van der Waals surface area contributed by atoms with Crippen molar-refractivity contribution in [2.24, 2.45) is 4.99 Å². The van der Waals surface area contributed by atoms with Gasteiger partial charge in [-0.3, -0.25) is 0 Å². The summed E-state index contributed by atoms with van der Waals surface area (Å²) >= 11 is 0. The van der Waals surface area contributed by atoms with Crippen molar-refractivity contribution in [2.45, 2.75) is 64.7 Å². The average molecular weight is 374 g/mol. The Bertz CT molecular complexity index is 591. The molecule has 0 radical (unpaired) electrons. The highest BCUT2D eigenvalue weighted by Crippen LogP contribution is 2.18. The van der Waals surface area contributed by atoms with Crippen LogP contribution in [0, 0.1) is 0 Å². The fraction of sp³-hybridized carbons (Fsp3) is 0.682. The lowest BCUT2D eigenvalue weighted by Crippen LogP contribution is -2.47. The number of benzene rings is 1. The normalized spacial score (nSPS) is 21.6. The van der Waals surface area contributed by atoms with Crippen molar-refractivity contribution < 1.29 is 9.47 Å². The fourth-order valence-corrected chi connectivity index (χ4v) is 3.90. The minimum absolute atomic E-state index is 0.320. The fourth-order valence-electron chi connectivity index (χ4n) is 3.90. The molecule has 1 atom stereocenters. The number of likely N-dealkylation sites (tertiary alicyclic amines) is 1. The molecule has 1 N–H and O–H groups in total. The molecule has 2 aliphatic rings. The van der Waals surface area contributed by atoms with Crippen LogP contribution in [0.2, 0.25) is 0 Å². The molecule has 1 aromatic carbocycles. The molecular weight excluding hydrogens is 338 g/mol. The van der Waals surface area contributed by atoms with Crippen LogP contribution in [0.15, 0.2) is 29.3 Å². The van der Waals surface area contributed by atoms with Gasteiger partial charge in [-0.25, -0.2) is 4.99 Å². The number of aryl methyl sites for hydroxylation is 1. The predicted molar refractivity (Wildman–Crippen MR) is 110 cm³/mol. The van der Waals surface area contributed by atoms with E-state index in [4.69, 9.17) is 14.5 Å². The quantitative estimate of drug-likeness (QED) is 0.588. The summed E-state index contributed by atoms with van der Waals surface area (Å²) in [5.74, 6) is 1.03. The van der Waals surface area contributed by atoms with Crippen molar-refractivity contribution in [3.63, 3.8) is 0 Å². The molecule has 150 valence electrons. The number of rotatable bonds is 7. The second-order valence-corrected chi connectivity index (χ2v) is 7.45. The summed E-state index contributed by atoms with van der Waals surface area (Å²) in [5.41, 5.74) is 2.71. The van der Waals surface area contributed by atoms with Crippen LogP contribution in [0.3, 0.4) is 0 Å². The zero-order valence-electron chi connectivity index (χ0n) is 17.0. The van der Waals surface area contributed by atoms with Crippen molar-refractivity contribution in [2.75, 3.05) is 32.8 Å². The Morgan fingerprint density at radius 1 is 1.19 bits per heavy atom. The minimum atomic E-state index is 0.320. The summed E-state index contributed by atoms with van der Waals surface area (Å²) in [6.07, 6.45) is 6.17. The van der Waals surface area contributed by atoms with Gasteiger partial charge in [-0.1, -0.05) is 31.2 Å². The van der Waals surface area contributed by atoms with E-state index in [9.17, 15) is 0 Å². The standard InChI is InChI=1S/C22H35N3O2/c1-3-18-8-5-6-9-19(18)16-24-22(23-4-2)25-13-11-20(12-14-25)27-17-21-10-7-15-26-21/h5-6,8-9,20-21H,3-4,7,10-17H2,1-2H3,(H,23,24). The zero-order chi connectivity index (χ0) is 18.9. The molecular formula is C22H35N3O2. The Morgan fingerprint density at radius 3 is 2.63 bits per heavy atom. The van der Waals surface area contributed by atoms with E-state index in [-0.39, 0.29) is 0 Å². The predicted octanol–water partition coefficient (Wildman–Crippen LogP) is 3.37. The number of nitrogens with one attached hydrogen (secondary N) is 1. The number of hydrogen-bond donors (Lipinski definition) is 1. The van der Waals surface area contributed by atoms with E-state index in [1.165, 1.54) is 17.5 Å². The lowest BCUT2D eigenvalue weighted by molar-refractivity contribution is -0.0367. The molecule has 1 unspecified atom stereocenters. The van der Waals surface area contributed by atoms with Gasteiger partial charge in [0.05, 0.1) is 25.4 Å². The van der Waals surface area contributed by atoms with Crippen molar-refractivity contribution in [1.29, 1.82) is 0 Å². The maximum Gasteiger partial charge on any atom is 0.194 e. The van der Waals surface area contributed by atoms with E-state index in [0.29, 0.717) is 12.2 Å². The zero-order valence-corrected chi connectivity index (χ0v) is 17.0. The summed E-state index contributed by atoms with van der Waals surface area (Å²) in [4.78, 5) is 7.30. The van der Waals surface area contributed by atoms with E-state index < -0.39 is 0 Å². The van der Waals surface area contributed by atoms with Crippen LogP contribution in [-0.2, 0) is 22.4 Å². The molecule has 5 nitrogen and oxygen atoms in total. The first kappa shape index (κ1) is 20.2. The van der Waals surface area contributed by atoms with Gasteiger partial charge >= 0.3 is 0 Å². The van der Waals surface area contributed by atoms with Gasteiger partial charge in [0.15, 0.2) is 5.96 Å². The first-order valence-corrected chi connectivity index (χ1v) is 10.6. The van der Waals surface area contributed by atoms with Crippen LogP contribution in [0.1, 0.15) is 50.7 Å². The number of aliphatic imine (C=N–C) groups is 1. The molecule has 27 heavy (non-hydrogen) atoms. The summed E-state index contributed by atoms with van der Waals surface area (Å²) in [5, 5.41) is 3.47. The lowest BCUT2D eigenvalue weighted by Gasteiger charge is -2.34. The van der Waals surface area contributed by atoms with E-state index in [0.717, 1.165) is 71.0 Å². The third-order valence-corrected chi connectivity index (χ3v) is 5.52. The van der Waals surface area contributed by atoms with Crippen molar-refractivity contribution in [3.8, 4) is 0 Å². The van der Waals surface area contributed by atoms with E-state index in [2.05, 4.69) is 48.3 Å². The van der Waals surface area contributed by atoms with Gasteiger partial charge in [-0.05, 0) is 50.2 Å². The Morgan fingerprint density at radius 2 is 1.96 bits per heavy atom. The SMILES string of the molecule is CCNC(=NCc1ccccc1CC)N1CCC(OCC2CCCO2)CC1. The molecule has 0 aromatic heterocycles. The molecule has 0 aliphatic carbocycles. The molecule has 0 amide bonds. The topological polar surface area (TPSA) is 46.1 Å². The van der Waals surface area contributed by atoms with E-state index in [1.807, 2.05) is 0 Å². The van der Waals surface area contributed by atoms with E-state index in [1.54, 1.807) is 0 Å². The molecule has 0 bridgehead atoms. The molecule has 0 spiro atoms. The first-order valence-electron chi connectivity index (χ1n) is 10.6. The maximum atomic E-state index is 6.10. The second-order valence-electron chi connectivity index (χ2n) is 7.45. The largest absolute Gasteiger partial charge is 0.376 e. The van der Waals surface area contributed by atoms with Gasteiger partial charge in [0, 0.05) is 26.2 Å². The molecule has 5 heteroatoms.